The number of carbonyl (C=O) groups is 1. The summed E-state index contributed by atoms with van der Waals surface area (Å²) in [5, 5.41) is 3.23. The quantitative estimate of drug-likeness (QED) is 0.804. The summed E-state index contributed by atoms with van der Waals surface area (Å²) in [6.45, 7) is 9.42. The first-order chi connectivity index (χ1) is 8.76. The molecule has 1 unspecified atom stereocenters. The molecule has 3 nitrogen and oxygen atoms in total. The molecule has 0 aromatic heterocycles. The van der Waals surface area contributed by atoms with Crippen molar-refractivity contribution in [3.63, 3.8) is 0 Å². The van der Waals surface area contributed by atoms with Crippen LogP contribution in [0.1, 0.15) is 72.6 Å². The minimum atomic E-state index is -0.114. The molecule has 0 bridgehead atoms. The first-order valence-corrected chi connectivity index (χ1v) is 7.77. The van der Waals surface area contributed by atoms with Gasteiger partial charge in [-0.15, -0.1) is 0 Å². The lowest BCUT2D eigenvalue weighted by Gasteiger charge is -2.37. The van der Waals surface area contributed by atoms with E-state index < -0.39 is 0 Å². The Balaban J connectivity index is 2.45. The fourth-order valence-corrected chi connectivity index (χ4v) is 3.39. The van der Waals surface area contributed by atoms with E-state index in [4.69, 9.17) is 5.73 Å². The van der Waals surface area contributed by atoms with Crippen LogP contribution in [0.4, 0.5) is 0 Å². The molecule has 3 N–H and O–H groups in total. The third-order valence-corrected chi connectivity index (χ3v) is 4.10. The van der Waals surface area contributed by atoms with Gasteiger partial charge in [0.15, 0.2) is 0 Å². The van der Waals surface area contributed by atoms with Gasteiger partial charge in [-0.05, 0) is 30.6 Å². The summed E-state index contributed by atoms with van der Waals surface area (Å²) in [6.07, 6.45) is 7.45. The van der Waals surface area contributed by atoms with Crippen LogP contribution in [0.15, 0.2) is 0 Å². The molecule has 1 aliphatic carbocycles. The Labute approximate surface area is 118 Å². The van der Waals surface area contributed by atoms with Crippen molar-refractivity contribution in [2.45, 2.75) is 78.2 Å². The largest absolute Gasteiger partial charge is 0.349 e. The molecular weight excluding hydrogens is 236 g/mol. The summed E-state index contributed by atoms with van der Waals surface area (Å²) in [5.41, 5.74) is 6.08. The zero-order chi connectivity index (χ0) is 14.5. The van der Waals surface area contributed by atoms with E-state index in [1.54, 1.807) is 0 Å². The Bertz CT molecular complexity index is 288. The third-order valence-electron chi connectivity index (χ3n) is 4.10. The number of hydrogen-bond donors (Lipinski definition) is 2. The van der Waals surface area contributed by atoms with Gasteiger partial charge < -0.3 is 11.1 Å². The highest BCUT2D eigenvalue weighted by molar-refractivity contribution is 5.77. The van der Waals surface area contributed by atoms with Gasteiger partial charge in [0.1, 0.15) is 0 Å². The van der Waals surface area contributed by atoms with Crippen LogP contribution in [0.5, 0.6) is 0 Å². The molecule has 112 valence electrons. The van der Waals surface area contributed by atoms with Gasteiger partial charge >= 0.3 is 0 Å². The number of hydrogen-bond acceptors (Lipinski definition) is 2. The molecule has 1 saturated carbocycles. The Morgan fingerprint density at radius 3 is 2.32 bits per heavy atom. The SMILES string of the molecule is CC(CC(=O)NC1(CN)CCCCC1)CC(C)(C)C. The van der Waals surface area contributed by atoms with Crippen LogP contribution in [-0.2, 0) is 4.79 Å². The normalized spacial score (nSPS) is 20.9. The number of nitrogens with two attached hydrogens (primary N) is 1. The zero-order valence-corrected chi connectivity index (χ0v) is 13.2. The van der Waals surface area contributed by atoms with E-state index in [9.17, 15) is 4.79 Å². The van der Waals surface area contributed by atoms with Gasteiger partial charge in [0, 0.05) is 13.0 Å². The molecule has 0 aromatic carbocycles. The molecule has 0 heterocycles. The van der Waals surface area contributed by atoms with E-state index in [-0.39, 0.29) is 16.9 Å². The molecule has 19 heavy (non-hydrogen) atoms. The van der Waals surface area contributed by atoms with Crippen molar-refractivity contribution in [3.05, 3.63) is 0 Å². The van der Waals surface area contributed by atoms with Crippen molar-refractivity contribution in [1.29, 1.82) is 0 Å². The lowest BCUT2D eigenvalue weighted by molar-refractivity contribution is -0.124. The van der Waals surface area contributed by atoms with Gasteiger partial charge in [-0.3, -0.25) is 4.79 Å². The first kappa shape index (κ1) is 16.5. The number of carbonyl (C=O) groups excluding carboxylic acids is 1. The molecule has 1 aliphatic rings. The minimum Gasteiger partial charge on any atom is -0.349 e. The second-order valence-electron chi connectivity index (χ2n) is 7.67. The van der Waals surface area contributed by atoms with Crippen LogP contribution >= 0.6 is 0 Å². The predicted octanol–water partition coefficient (Wildman–Crippen LogP) is 3.23. The van der Waals surface area contributed by atoms with E-state index in [1.807, 2.05) is 0 Å². The lowest BCUT2D eigenvalue weighted by Crippen LogP contribution is -2.55. The average Bonchev–Trinajstić information content (AvgIpc) is 2.27. The summed E-state index contributed by atoms with van der Waals surface area (Å²) >= 11 is 0. The Kier molecular flexibility index (Phi) is 5.84. The van der Waals surface area contributed by atoms with Crippen molar-refractivity contribution in [2.24, 2.45) is 17.1 Å². The molecule has 0 saturated heterocycles. The lowest BCUT2D eigenvalue weighted by atomic mass is 9.81. The molecule has 0 radical (unpaired) electrons. The van der Waals surface area contributed by atoms with Crippen LogP contribution in [0.25, 0.3) is 0 Å². The van der Waals surface area contributed by atoms with E-state index >= 15 is 0 Å². The third kappa shape index (κ3) is 5.94. The molecule has 1 amide bonds. The van der Waals surface area contributed by atoms with Crippen LogP contribution in [-0.4, -0.2) is 18.0 Å². The molecule has 0 aliphatic heterocycles. The fraction of sp³-hybridized carbons (Fsp3) is 0.938. The van der Waals surface area contributed by atoms with Gasteiger partial charge in [0.25, 0.3) is 0 Å². The molecule has 0 aromatic rings. The molecule has 1 fully saturated rings. The first-order valence-electron chi connectivity index (χ1n) is 7.77. The van der Waals surface area contributed by atoms with Crippen molar-refractivity contribution in [3.8, 4) is 0 Å². The highest BCUT2D eigenvalue weighted by Gasteiger charge is 2.32. The molecule has 1 atom stereocenters. The summed E-state index contributed by atoms with van der Waals surface area (Å²) in [6, 6.07) is 0. The van der Waals surface area contributed by atoms with Crippen LogP contribution < -0.4 is 11.1 Å². The van der Waals surface area contributed by atoms with Gasteiger partial charge in [-0.25, -0.2) is 0 Å². The second-order valence-corrected chi connectivity index (χ2v) is 7.67. The number of nitrogens with one attached hydrogen (secondary N) is 1. The Hall–Kier alpha value is -0.570. The van der Waals surface area contributed by atoms with Crippen molar-refractivity contribution >= 4 is 5.91 Å². The van der Waals surface area contributed by atoms with E-state index in [0.717, 1.165) is 19.3 Å². The molecule has 3 heteroatoms. The van der Waals surface area contributed by atoms with E-state index in [0.29, 0.717) is 18.9 Å². The Morgan fingerprint density at radius 1 is 1.26 bits per heavy atom. The summed E-state index contributed by atoms with van der Waals surface area (Å²) < 4.78 is 0. The summed E-state index contributed by atoms with van der Waals surface area (Å²) in [7, 11) is 0. The molecule has 0 spiro atoms. The van der Waals surface area contributed by atoms with Crippen molar-refractivity contribution < 1.29 is 4.79 Å². The Morgan fingerprint density at radius 2 is 1.84 bits per heavy atom. The monoisotopic (exact) mass is 268 g/mol. The minimum absolute atomic E-state index is 0.114. The van der Waals surface area contributed by atoms with Crippen molar-refractivity contribution in [2.75, 3.05) is 6.54 Å². The highest BCUT2D eigenvalue weighted by Crippen LogP contribution is 2.29. The van der Waals surface area contributed by atoms with Crippen LogP contribution in [0, 0.1) is 11.3 Å². The summed E-state index contributed by atoms with van der Waals surface area (Å²) in [5.74, 6) is 0.613. The van der Waals surface area contributed by atoms with Gasteiger partial charge in [0.2, 0.25) is 5.91 Å². The maximum absolute atomic E-state index is 12.2. The zero-order valence-electron chi connectivity index (χ0n) is 13.2. The van der Waals surface area contributed by atoms with Crippen molar-refractivity contribution in [1.82, 2.24) is 5.32 Å². The second kappa shape index (κ2) is 6.74. The number of rotatable bonds is 5. The maximum Gasteiger partial charge on any atom is 0.220 e. The number of amides is 1. The van der Waals surface area contributed by atoms with E-state index in [1.165, 1.54) is 19.3 Å². The maximum atomic E-state index is 12.2. The summed E-state index contributed by atoms with van der Waals surface area (Å²) in [4.78, 5) is 12.2. The van der Waals surface area contributed by atoms with Gasteiger partial charge in [-0.1, -0.05) is 47.0 Å². The van der Waals surface area contributed by atoms with Gasteiger partial charge in [-0.2, -0.15) is 0 Å². The van der Waals surface area contributed by atoms with Crippen LogP contribution in [0.2, 0.25) is 0 Å². The predicted molar refractivity (Wildman–Crippen MR) is 80.9 cm³/mol. The highest BCUT2D eigenvalue weighted by atomic mass is 16.1. The topological polar surface area (TPSA) is 55.1 Å². The standard InChI is InChI=1S/C16H32N2O/c1-13(11-15(2,3)4)10-14(19)18-16(12-17)8-6-5-7-9-16/h13H,5-12,17H2,1-4H3,(H,18,19). The van der Waals surface area contributed by atoms with Crippen LogP contribution in [0.3, 0.4) is 0 Å². The van der Waals surface area contributed by atoms with E-state index in [2.05, 4.69) is 33.0 Å². The fourth-order valence-electron chi connectivity index (χ4n) is 3.39. The average molecular weight is 268 g/mol. The van der Waals surface area contributed by atoms with Gasteiger partial charge in [0.05, 0.1) is 5.54 Å². The smallest absolute Gasteiger partial charge is 0.220 e. The molecular formula is C16H32N2O. The molecule has 1 rings (SSSR count).